The van der Waals surface area contributed by atoms with Crippen molar-refractivity contribution in [2.75, 3.05) is 6.61 Å². The van der Waals surface area contributed by atoms with Crippen molar-refractivity contribution in [3.63, 3.8) is 0 Å². The van der Waals surface area contributed by atoms with E-state index in [1.807, 2.05) is 6.92 Å². The zero-order valence-corrected chi connectivity index (χ0v) is 33.6. The fourth-order valence-corrected chi connectivity index (χ4v) is 7.78. The first-order chi connectivity index (χ1) is 26.2. The van der Waals surface area contributed by atoms with Gasteiger partial charge in [-0.05, 0) is 80.2 Å². The molecule has 0 radical (unpaired) electrons. The Kier molecular flexibility index (Phi) is 19.8. The van der Waals surface area contributed by atoms with Crippen molar-refractivity contribution < 1.29 is 59.9 Å². The molecule has 10 atom stereocenters. The third kappa shape index (κ3) is 14.6. The Morgan fingerprint density at radius 1 is 0.764 bits per heavy atom. The molecule has 0 saturated carbocycles. The minimum absolute atomic E-state index is 0.1000. The zero-order chi connectivity index (χ0) is 40.7. The highest BCUT2D eigenvalue weighted by Gasteiger charge is 2.40. The Morgan fingerprint density at radius 2 is 1.29 bits per heavy atom. The number of alkyl halides is 1. The first kappa shape index (κ1) is 46.5. The number of carbonyl (C=O) groups excluding carboxylic acids is 1. The first-order valence-electron chi connectivity index (χ1n) is 20.1. The number of carbonyl (C=O) groups is 1. The lowest BCUT2D eigenvalue weighted by molar-refractivity contribution is -0.288. The SMILES string of the molecule is CCCCC(Cl)CCCC[C@H](C)[C@@H](O[C@@H]1OC[C@@H](O)[C@@H](O)[C@H]1O)c1cc(O)c([C@@H](CCCC)CCCC[C@H](O)[C@@H](OC(C)=O)c2cc(O)cc(O)c2)c(O)c1. The number of benzene rings is 2. The zero-order valence-electron chi connectivity index (χ0n) is 32.9. The molecule has 0 amide bonds. The van der Waals surface area contributed by atoms with Crippen molar-refractivity contribution >= 4 is 17.6 Å². The maximum atomic E-state index is 11.8. The molecule has 1 aliphatic heterocycles. The number of ether oxygens (including phenoxy) is 3. The predicted octanol–water partition coefficient (Wildman–Crippen LogP) is 7.50. The van der Waals surface area contributed by atoms with Gasteiger partial charge in [-0.15, -0.1) is 11.6 Å². The van der Waals surface area contributed by atoms with E-state index in [4.69, 9.17) is 25.8 Å². The van der Waals surface area contributed by atoms with Gasteiger partial charge >= 0.3 is 5.97 Å². The van der Waals surface area contributed by atoms with Gasteiger partial charge < -0.3 is 55.1 Å². The molecule has 8 N–H and O–H groups in total. The minimum Gasteiger partial charge on any atom is -0.508 e. The number of phenols is 4. The molecule has 55 heavy (non-hydrogen) atoms. The number of aromatic hydroxyl groups is 4. The van der Waals surface area contributed by atoms with E-state index >= 15 is 0 Å². The summed E-state index contributed by atoms with van der Waals surface area (Å²) in [5, 5.41) is 85.1. The number of rotatable bonds is 24. The quantitative estimate of drug-likeness (QED) is 0.0295. The summed E-state index contributed by atoms with van der Waals surface area (Å²) in [4.78, 5) is 11.8. The van der Waals surface area contributed by atoms with Crippen LogP contribution in [-0.2, 0) is 19.0 Å². The van der Waals surface area contributed by atoms with Gasteiger partial charge in [0.05, 0.1) is 18.8 Å². The lowest BCUT2D eigenvalue weighted by atomic mass is 9.85. The van der Waals surface area contributed by atoms with Crippen molar-refractivity contribution in [2.45, 2.75) is 172 Å². The number of hydrogen-bond donors (Lipinski definition) is 8. The van der Waals surface area contributed by atoms with E-state index in [1.54, 1.807) is 12.1 Å². The smallest absolute Gasteiger partial charge is 0.303 e. The van der Waals surface area contributed by atoms with Crippen LogP contribution in [0.1, 0.15) is 152 Å². The van der Waals surface area contributed by atoms with Gasteiger partial charge in [0.2, 0.25) is 0 Å². The molecule has 1 fully saturated rings. The highest BCUT2D eigenvalue weighted by Crippen LogP contribution is 2.44. The fourth-order valence-electron chi connectivity index (χ4n) is 7.47. The molecule has 1 unspecified atom stereocenters. The molecule has 312 valence electrons. The normalized spacial score (nSPS) is 22.1. The molecule has 12 nitrogen and oxygen atoms in total. The second-order valence-electron chi connectivity index (χ2n) is 15.3. The molecule has 3 rings (SSSR count). The lowest BCUT2D eigenvalue weighted by Gasteiger charge is -2.38. The Bertz CT molecular complexity index is 1400. The van der Waals surface area contributed by atoms with E-state index in [0.717, 1.165) is 63.9 Å². The van der Waals surface area contributed by atoms with Crippen molar-refractivity contribution in [1.29, 1.82) is 0 Å². The summed E-state index contributed by atoms with van der Waals surface area (Å²) in [5.41, 5.74) is 1.15. The van der Waals surface area contributed by atoms with Crippen LogP contribution in [0.15, 0.2) is 30.3 Å². The molecule has 2 aromatic rings. The van der Waals surface area contributed by atoms with Gasteiger partial charge in [0.1, 0.15) is 41.3 Å². The summed E-state index contributed by atoms with van der Waals surface area (Å²) in [6.45, 7) is 7.17. The van der Waals surface area contributed by atoms with Gasteiger partial charge in [-0.1, -0.05) is 72.1 Å². The van der Waals surface area contributed by atoms with Gasteiger partial charge in [-0.3, -0.25) is 4.79 Å². The van der Waals surface area contributed by atoms with Gasteiger partial charge in [0.15, 0.2) is 12.4 Å². The van der Waals surface area contributed by atoms with Crippen LogP contribution in [0.25, 0.3) is 0 Å². The van der Waals surface area contributed by atoms with E-state index in [2.05, 4.69) is 13.8 Å². The second kappa shape index (κ2) is 23.4. The van der Waals surface area contributed by atoms with Crippen LogP contribution in [0.4, 0.5) is 0 Å². The number of phenolic OH excluding ortho intramolecular Hbond substituents is 4. The average molecular weight is 797 g/mol. The molecular weight excluding hydrogens is 732 g/mol. The number of halogens is 1. The standard InChI is InChI=1S/C42H65ClO12/c1-5-7-14-27(15-10-12-18-33(47)41(54-26(4)44)28-19-31(45)23-32(46)20-28)37-34(48)21-29(22-35(37)49)40(55-42-39(52)38(51)36(50)24-53-42)25(3)13-9-11-17-30(43)16-8-6-2/h19-23,25,27,30,33,36,38-42,45-52H,5-18,24H2,1-4H3/t25-,27-,30?,33-,36+,38+,39+,40+,41-,42-/m0/s1. The Hall–Kier alpha value is -2.84. The van der Waals surface area contributed by atoms with E-state index < -0.39 is 48.9 Å². The van der Waals surface area contributed by atoms with Gasteiger partial charge in [0.25, 0.3) is 0 Å². The maximum absolute atomic E-state index is 11.8. The van der Waals surface area contributed by atoms with Crippen molar-refractivity contribution in [3.8, 4) is 23.0 Å². The summed E-state index contributed by atoms with van der Waals surface area (Å²) in [6.07, 6.45) is 2.48. The molecule has 1 heterocycles. The van der Waals surface area contributed by atoms with Crippen LogP contribution in [0.5, 0.6) is 23.0 Å². The topological polar surface area (TPSA) is 207 Å². The summed E-state index contributed by atoms with van der Waals surface area (Å²) >= 11 is 6.51. The van der Waals surface area contributed by atoms with Gasteiger partial charge in [0, 0.05) is 29.5 Å². The number of esters is 1. The van der Waals surface area contributed by atoms with Gasteiger partial charge in [-0.25, -0.2) is 0 Å². The molecule has 0 aliphatic carbocycles. The van der Waals surface area contributed by atoms with Crippen LogP contribution in [0, 0.1) is 5.92 Å². The Balaban J connectivity index is 1.78. The fraction of sp³-hybridized carbons (Fsp3) is 0.690. The van der Waals surface area contributed by atoms with Crippen LogP contribution in [0.2, 0.25) is 0 Å². The third-order valence-electron chi connectivity index (χ3n) is 10.5. The Morgan fingerprint density at radius 3 is 1.91 bits per heavy atom. The maximum Gasteiger partial charge on any atom is 0.303 e. The van der Waals surface area contributed by atoms with E-state index in [9.17, 15) is 45.6 Å². The first-order valence-corrected chi connectivity index (χ1v) is 20.5. The highest BCUT2D eigenvalue weighted by atomic mass is 35.5. The minimum atomic E-state index is -1.51. The van der Waals surface area contributed by atoms with Crippen LogP contribution >= 0.6 is 11.6 Å². The van der Waals surface area contributed by atoms with Gasteiger partial charge in [-0.2, -0.15) is 0 Å². The molecule has 0 bridgehead atoms. The van der Waals surface area contributed by atoms with Crippen molar-refractivity contribution in [3.05, 3.63) is 47.0 Å². The van der Waals surface area contributed by atoms with E-state index in [1.165, 1.54) is 19.1 Å². The molecule has 13 heteroatoms. The Labute approximate surface area is 331 Å². The molecule has 1 aliphatic rings. The van der Waals surface area contributed by atoms with Crippen molar-refractivity contribution in [1.82, 2.24) is 0 Å². The molecular formula is C42H65ClO12. The van der Waals surface area contributed by atoms with E-state index in [-0.39, 0.29) is 58.8 Å². The van der Waals surface area contributed by atoms with Crippen LogP contribution in [0.3, 0.4) is 0 Å². The summed E-state index contributed by atoms with van der Waals surface area (Å²) in [7, 11) is 0. The summed E-state index contributed by atoms with van der Waals surface area (Å²) in [6, 6.07) is 6.95. The molecule has 2 aromatic carbocycles. The summed E-state index contributed by atoms with van der Waals surface area (Å²) in [5.74, 6) is -1.65. The molecule has 0 spiro atoms. The van der Waals surface area contributed by atoms with Crippen molar-refractivity contribution in [2.24, 2.45) is 5.92 Å². The number of hydrogen-bond acceptors (Lipinski definition) is 12. The predicted molar refractivity (Wildman–Crippen MR) is 209 cm³/mol. The molecule has 0 aromatic heterocycles. The lowest BCUT2D eigenvalue weighted by Crippen LogP contribution is -2.54. The third-order valence-corrected chi connectivity index (χ3v) is 11.0. The second-order valence-corrected chi connectivity index (χ2v) is 15.9. The monoisotopic (exact) mass is 796 g/mol. The average Bonchev–Trinajstić information content (AvgIpc) is 3.12. The largest absolute Gasteiger partial charge is 0.508 e. The van der Waals surface area contributed by atoms with Crippen LogP contribution in [-0.4, -0.2) is 89.5 Å². The number of unbranched alkanes of at least 4 members (excludes halogenated alkanes) is 4. The van der Waals surface area contributed by atoms with E-state index in [0.29, 0.717) is 36.8 Å². The molecule has 1 saturated heterocycles. The highest BCUT2D eigenvalue weighted by molar-refractivity contribution is 6.20. The number of aliphatic hydroxyl groups is 4. The van der Waals surface area contributed by atoms with Crippen LogP contribution < -0.4 is 0 Å². The number of aliphatic hydroxyl groups excluding tert-OH is 4. The summed E-state index contributed by atoms with van der Waals surface area (Å²) < 4.78 is 17.2.